The van der Waals surface area contributed by atoms with Crippen LogP contribution in [-0.4, -0.2) is 28.3 Å². The summed E-state index contributed by atoms with van der Waals surface area (Å²) in [5.41, 5.74) is 7.50. The van der Waals surface area contributed by atoms with Crippen LogP contribution in [0.2, 0.25) is 0 Å². The minimum Gasteiger partial charge on any atom is -0.497 e. The van der Waals surface area contributed by atoms with Gasteiger partial charge in [-0.25, -0.2) is 4.98 Å². The molecule has 2 heterocycles. The van der Waals surface area contributed by atoms with Crippen LogP contribution in [0.1, 0.15) is 23.6 Å². The number of nitrogens with one attached hydrogen (secondary N) is 2. The van der Waals surface area contributed by atoms with Crippen LogP contribution in [-0.2, 0) is 16.0 Å². The Morgan fingerprint density at radius 1 is 1.22 bits per heavy atom. The van der Waals surface area contributed by atoms with Gasteiger partial charge in [0.1, 0.15) is 11.4 Å². The largest absolute Gasteiger partial charge is 0.497 e. The zero-order valence-corrected chi connectivity index (χ0v) is 14.9. The molecule has 4 rings (SSSR count). The predicted octanol–water partition coefficient (Wildman–Crippen LogP) is 1.84. The topological polar surface area (TPSA) is 84.7 Å². The molecule has 7 nitrogen and oxygen atoms in total. The maximum Gasteiger partial charge on any atom is 0.244 e. The Labute approximate surface area is 156 Å². The van der Waals surface area contributed by atoms with Crippen molar-refractivity contribution in [3.8, 4) is 5.75 Å². The Morgan fingerprint density at radius 2 is 2.11 bits per heavy atom. The second kappa shape index (κ2) is 7.11. The summed E-state index contributed by atoms with van der Waals surface area (Å²) in [6, 6.07) is 13.4. The van der Waals surface area contributed by atoms with E-state index in [2.05, 4.69) is 15.8 Å². The van der Waals surface area contributed by atoms with Crippen LogP contribution in [0.25, 0.3) is 5.65 Å². The van der Waals surface area contributed by atoms with Crippen molar-refractivity contribution in [1.29, 1.82) is 0 Å². The summed E-state index contributed by atoms with van der Waals surface area (Å²) in [6.45, 7) is 0. The number of hydrazine groups is 1. The molecule has 2 atom stereocenters. The molecule has 1 aliphatic carbocycles. The van der Waals surface area contributed by atoms with Gasteiger partial charge < -0.3 is 9.14 Å². The number of methoxy groups -OCH3 is 1. The van der Waals surface area contributed by atoms with E-state index in [0.29, 0.717) is 5.69 Å². The number of ether oxygens (including phenoxy) is 1. The number of pyridine rings is 1. The number of carbonyl (C=O) groups is 2. The molecule has 7 heteroatoms. The van der Waals surface area contributed by atoms with E-state index in [1.165, 1.54) is 0 Å². The smallest absolute Gasteiger partial charge is 0.244 e. The van der Waals surface area contributed by atoms with Crippen molar-refractivity contribution >= 4 is 17.5 Å². The fourth-order valence-electron chi connectivity index (χ4n) is 3.23. The van der Waals surface area contributed by atoms with Gasteiger partial charge in [0.25, 0.3) is 0 Å². The molecule has 138 valence electrons. The maximum absolute atomic E-state index is 12.3. The Morgan fingerprint density at radius 3 is 2.93 bits per heavy atom. The Bertz CT molecular complexity index is 965. The summed E-state index contributed by atoms with van der Waals surface area (Å²) in [4.78, 5) is 28.7. The number of carbonyl (C=O) groups excluding carboxylic acids is 2. The molecule has 0 saturated heterocycles. The molecular weight excluding hydrogens is 344 g/mol. The predicted molar refractivity (Wildman–Crippen MR) is 99.0 cm³/mol. The lowest BCUT2D eigenvalue weighted by Crippen LogP contribution is -2.43. The highest BCUT2D eigenvalue weighted by Gasteiger charge is 2.44. The SMILES string of the molecule is COc1cccc([C@@H]2C[C@H]2C(=O)NNC(=O)Cc2cn3ccccc3n2)c1. The van der Waals surface area contributed by atoms with Gasteiger partial charge in [-0.15, -0.1) is 0 Å². The van der Waals surface area contributed by atoms with E-state index in [1.54, 1.807) is 13.3 Å². The van der Waals surface area contributed by atoms with Crippen LogP contribution in [0.5, 0.6) is 5.75 Å². The number of imidazole rings is 1. The summed E-state index contributed by atoms with van der Waals surface area (Å²) in [5, 5.41) is 0. The van der Waals surface area contributed by atoms with Gasteiger partial charge in [0.15, 0.2) is 0 Å². The number of hydrogen-bond acceptors (Lipinski definition) is 4. The fraction of sp³-hybridized carbons (Fsp3) is 0.250. The molecule has 3 aromatic rings. The summed E-state index contributed by atoms with van der Waals surface area (Å²) in [6.07, 6.45) is 4.54. The van der Waals surface area contributed by atoms with Crippen LogP contribution in [0, 0.1) is 5.92 Å². The number of fused-ring (bicyclic) bond motifs is 1. The highest BCUT2D eigenvalue weighted by Crippen LogP contribution is 2.48. The number of amides is 2. The van der Waals surface area contributed by atoms with Crippen molar-refractivity contribution in [3.63, 3.8) is 0 Å². The third-order valence-corrected chi connectivity index (χ3v) is 4.73. The second-order valence-electron chi connectivity index (χ2n) is 6.64. The second-order valence-corrected chi connectivity index (χ2v) is 6.64. The van der Waals surface area contributed by atoms with Gasteiger partial charge >= 0.3 is 0 Å². The van der Waals surface area contributed by atoms with Crippen LogP contribution in [0.15, 0.2) is 54.9 Å². The van der Waals surface area contributed by atoms with E-state index in [4.69, 9.17) is 4.74 Å². The van der Waals surface area contributed by atoms with Gasteiger partial charge in [-0.1, -0.05) is 18.2 Å². The van der Waals surface area contributed by atoms with Crippen molar-refractivity contribution in [2.45, 2.75) is 18.8 Å². The van der Waals surface area contributed by atoms with E-state index in [1.807, 2.05) is 53.1 Å². The molecule has 1 aliphatic rings. The Kier molecular flexibility index (Phi) is 4.50. The number of aromatic nitrogens is 2. The zero-order chi connectivity index (χ0) is 18.8. The average molecular weight is 364 g/mol. The van der Waals surface area contributed by atoms with Crippen LogP contribution >= 0.6 is 0 Å². The molecule has 2 N–H and O–H groups in total. The van der Waals surface area contributed by atoms with E-state index >= 15 is 0 Å². The lowest BCUT2D eigenvalue weighted by molar-refractivity contribution is -0.129. The standard InChI is InChI=1S/C20H20N4O3/c1-27-15-6-4-5-13(9-15)16-11-17(16)20(26)23-22-19(25)10-14-12-24-8-3-2-7-18(24)21-14/h2-9,12,16-17H,10-11H2,1H3,(H,22,25)(H,23,26)/t16-,17+/m0/s1. The summed E-state index contributed by atoms with van der Waals surface area (Å²) >= 11 is 0. The first-order chi connectivity index (χ1) is 13.1. The van der Waals surface area contributed by atoms with Crippen LogP contribution in [0.3, 0.4) is 0 Å². The monoisotopic (exact) mass is 364 g/mol. The minimum atomic E-state index is -0.301. The quantitative estimate of drug-likeness (QED) is 0.677. The van der Waals surface area contributed by atoms with Crippen LogP contribution < -0.4 is 15.6 Å². The first-order valence-corrected chi connectivity index (χ1v) is 8.79. The van der Waals surface area contributed by atoms with Crippen molar-refractivity contribution in [2.24, 2.45) is 5.92 Å². The molecule has 0 radical (unpaired) electrons. The van der Waals surface area contributed by atoms with Crippen molar-refractivity contribution in [2.75, 3.05) is 7.11 Å². The lowest BCUT2D eigenvalue weighted by Gasteiger charge is -2.07. The number of nitrogens with zero attached hydrogens (tertiary/aromatic N) is 2. The number of hydrogen-bond donors (Lipinski definition) is 2. The van der Waals surface area contributed by atoms with Gasteiger partial charge in [0, 0.05) is 18.3 Å². The summed E-state index contributed by atoms with van der Waals surface area (Å²) in [5.74, 6) is 0.332. The molecule has 0 aliphatic heterocycles. The highest BCUT2D eigenvalue weighted by atomic mass is 16.5. The number of benzene rings is 1. The zero-order valence-electron chi connectivity index (χ0n) is 14.9. The molecular formula is C20H20N4O3. The molecule has 27 heavy (non-hydrogen) atoms. The Balaban J connectivity index is 1.28. The third kappa shape index (κ3) is 3.76. The molecule has 1 aromatic carbocycles. The molecule has 1 fully saturated rings. The fourth-order valence-corrected chi connectivity index (χ4v) is 3.23. The van der Waals surface area contributed by atoms with E-state index in [0.717, 1.165) is 23.4 Å². The van der Waals surface area contributed by atoms with Gasteiger partial charge in [-0.2, -0.15) is 0 Å². The van der Waals surface area contributed by atoms with Crippen molar-refractivity contribution in [3.05, 3.63) is 66.1 Å². The first kappa shape index (κ1) is 17.1. The van der Waals surface area contributed by atoms with Gasteiger partial charge in [0.05, 0.1) is 19.2 Å². The highest BCUT2D eigenvalue weighted by molar-refractivity contribution is 5.86. The normalized spacial score (nSPS) is 18.1. The Hall–Kier alpha value is -3.35. The van der Waals surface area contributed by atoms with Crippen LogP contribution in [0.4, 0.5) is 0 Å². The average Bonchev–Trinajstić information content (AvgIpc) is 3.39. The third-order valence-electron chi connectivity index (χ3n) is 4.73. The van der Waals surface area contributed by atoms with Crippen molar-refractivity contribution in [1.82, 2.24) is 20.2 Å². The lowest BCUT2D eigenvalue weighted by atomic mass is 10.1. The van der Waals surface area contributed by atoms with E-state index < -0.39 is 0 Å². The summed E-state index contributed by atoms with van der Waals surface area (Å²) < 4.78 is 7.07. The molecule has 2 aromatic heterocycles. The van der Waals surface area contributed by atoms with Gasteiger partial charge in [0.2, 0.25) is 11.8 Å². The maximum atomic E-state index is 12.3. The molecule has 2 amide bonds. The molecule has 0 spiro atoms. The molecule has 0 bridgehead atoms. The molecule has 0 unspecified atom stereocenters. The summed E-state index contributed by atoms with van der Waals surface area (Å²) in [7, 11) is 1.62. The minimum absolute atomic E-state index is 0.103. The number of rotatable bonds is 5. The van der Waals surface area contributed by atoms with E-state index in [-0.39, 0.29) is 30.1 Å². The molecule has 1 saturated carbocycles. The van der Waals surface area contributed by atoms with Gasteiger partial charge in [-0.3, -0.25) is 20.4 Å². The van der Waals surface area contributed by atoms with Crippen molar-refractivity contribution < 1.29 is 14.3 Å². The first-order valence-electron chi connectivity index (χ1n) is 8.79. The van der Waals surface area contributed by atoms with E-state index in [9.17, 15) is 9.59 Å². The van der Waals surface area contributed by atoms with Gasteiger partial charge in [-0.05, 0) is 42.2 Å².